The Labute approximate surface area is 195 Å². The number of hydrogen-bond acceptors (Lipinski definition) is 6. The number of nitrogen functional groups attached to an aromatic ring is 1. The summed E-state index contributed by atoms with van der Waals surface area (Å²) >= 11 is 0. The Hall–Kier alpha value is -4.72. The van der Waals surface area contributed by atoms with Gasteiger partial charge in [0.15, 0.2) is 11.5 Å². The molecule has 3 heterocycles. The zero-order valence-corrected chi connectivity index (χ0v) is 18.6. The lowest BCUT2D eigenvalue weighted by molar-refractivity contribution is 0.712. The first kappa shape index (κ1) is 19.9. The van der Waals surface area contributed by atoms with E-state index in [0.717, 1.165) is 27.7 Å². The van der Waals surface area contributed by atoms with Crippen molar-refractivity contribution in [2.24, 2.45) is 0 Å². The van der Waals surface area contributed by atoms with Gasteiger partial charge in [0.05, 0.1) is 30.1 Å². The predicted molar refractivity (Wildman–Crippen MR) is 134 cm³/mol. The SMILES string of the molecule is Cc1cccc(Nc2nc3c(N)nc(-c4ccc5cnn(Cc6ccccc6)c5c4)cn3n2)c1. The summed E-state index contributed by atoms with van der Waals surface area (Å²) in [5.41, 5.74) is 12.7. The molecule has 0 spiro atoms. The second kappa shape index (κ2) is 8.00. The molecule has 8 heteroatoms. The van der Waals surface area contributed by atoms with Crippen LogP contribution in [0.5, 0.6) is 0 Å². The molecular formula is C26H22N8. The second-order valence-corrected chi connectivity index (χ2v) is 8.27. The normalized spacial score (nSPS) is 11.3. The van der Waals surface area contributed by atoms with Gasteiger partial charge in [-0.2, -0.15) is 10.1 Å². The van der Waals surface area contributed by atoms with Crippen molar-refractivity contribution in [1.82, 2.24) is 29.4 Å². The summed E-state index contributed by atoms with van der Waals surface area (Å²) in [6, 6.07) is 24.5. The van der Waals surface area contributed by atoms with Crippen molar-refractivity contribution in [2.45, 2.75) is 13.5 Å². The largest absolute Gasteiger partial charge is 0.381 e. The van der Waals surface area contributed by atoms with Crippen molar-refractivity contribution in [3.05, 3.63) is 96.3 Å². The Bertz CT molecular complexity index is 1630. The fourth-order valence-corrected chi connectivity index (χ4v) is 4.07. The standard InChI is InChI=1S/C26H22N8/c1-17-6-5-9-21(12-17)29-26-31-25-24(27)30-22(16-34(25)32-26)19-10-11-20-14-28-33(23(20)13-19)15-18-7-3-2-4-8-18/h2-14,16H,15H2,1H3,(H2,27,30)(H,29,32). The van der Waals surface area contributed by atoms with E-state index >= 15 is 0 Å². The van der Waals surface area contributed by atoms with Gasteiger partial charge in [-0.1, -0.05) is 54.6 Å². The van der Waals surface area contributed by atoms with E-state index in [1.54, 1.807) is 4.52 Å². The van der Waals surface area contributed by atoms with Crippen LogP contribution in [0, 0.1) is 6.92 Å². The Morgan fingerprint density at radius 2 is 1.82 bits per heavy atom. The molecule has 0 fully saturated rings. The van der Waals surface area contributed by atoms with Gasteiger partial charge >= 0.3 is 0 Å². The minimum atomic E-state index is 0.320. The maximum atomic E-state index is 6.27. The summed E-state index contributed by atoms with van der Waals surface area (Å²) < 4.78 is 3.66. The lowest BCUT2D eigenvalue weighted by Crippen LogP contribution is -2.02. The maximum Gasteiger partial charge on any atom is 0.247 e. The second-order valence-electron chi connectivity index (χ2n) is 8.27. The lowest BCUT2D eigenvalue weighted by atomic mass is 10.1. The zero-order valence-electron chi connectivity index (χ0n) is 18.6. The third-order valence-corrected chi connectivity index (χ3v) is 5.74. The summed E-state index contributed by atoms with van der Waals surface area (Å²) in [4.78, 5) is 9.12. The number of nitrogens with one attached hydrogen (secondary N) is 1. The monoisotopic (exact) mass is 446 g/mol. The summed E-state index contributed by atoms with van der Waals surface area (Å²) in [5, 5.41) is 13.4. The fraction of sp³-hybridized carbons (Fsp3) is 0.0769. The molecule has 3 aromatic carbocycles. The zero-order chi connectivity index (χ0) is 23.1. The summed E-state index contributed by atoms with van der Waals surface area (Å²) in [6.45, 7) is 2.73. The molecule has 0 aliphatic carbocycles. The Morgan fingerprint density at radius 1 is 0.941 bits per heavy atom. The highest BCUT2D eigenvalue weighted by atomic mass is 15.4. The van der Waals surface area contributed by atoms with Gasteiger partial charge in [0, 0.05) is 16.6 Å². The average molecular weight is 447 g/mol. The maximum absolute atomic E-state index is 6.27. The summed E-state index contributed by atoms with van der Waals surface area (Å²) in [7, 11) is 0. The number of nitrogens with two attached hydrogens (primary N) is 1. The number of anilines is 3. The first-order valence-corrected chi connectivity index (χ1v) is 11.0. The minimum Gasteiger partial charge on any atom is -0.381 e. The number of fused-ring (bicyclic) bond motifs is 2. The van der Waals surface area contributed by atoms with Gasteiger partial charge in [-0.3, -0.25) is 4.68 Å². The van der Waals surface area contributed by atoms with Crippen LogP contribution in [0.1, 0.15) is 11.1 Å². The Balaban J connectivity index is 1.36. The molecule has 0 saturated heterocycles. The van der Waals surface area contributed by atoms with Gasteiger partial charge in [0.1, 0.15) is 0 Å². The highest BCUT2D eigenvalue weighted by Gasteiger charge is 2.13. The third-order valence-electron chi connectivity index (χ3n) is 5.74. The molecule has 0 aliphatic heterocycles. The highest BCUT2D eigenvalue weighted by Crippen LogP contribution is 2.26. The quantitative estimate of drug-likeness (QED) is 0.394. The van der Waals surface area contributed by atoms with Crippen molar-refractivity contribution < 1.29 is 0 Å². The van der Waals surface area contributed by atoms with Gasteiger partial charge < -0.3 is 11.1 Å². The van der Waals surface area contributed by atoms with E-state index in [2.05, 4.69) is 43.7 Å². The van der Waals surface area contributed by atoms with Gasteiger partial charge in [-0.05, 0) is 36.2 Å². The van der Waals surface area contributed by atoms with Crippen LogP contribution < -0.4 is 11.1 Å². The highest BCUT2D eigenvalue weighted by molar-refractivity contribution is 5.84. The van der Waals surface area contributed by atoms with E-state index in [0.29, 0.717) is 29.7 Å². The van der Waals surface area contributed by atoms with Crippen LogP contribution in [0.2, 0.25) is 0 Å². The molecule has 0 atom stereocenters. The number of aromatic nitrogens is 6. The van der Waals surface area contributed by atoms with Crippen LogP contribution in [0.15, 0.2) is 85.2 Å². The first-order chi connectivity index (χ1) is 16.6. The van der Waals surface area contributed by atoms with Gasteiger partial charge in [0.2, 0.25) is 5.95 Å². The molecule has 166 valence electrons. The van der Waals surface area contributed by atoms with Crippen molar-refractivity contribution in [3.63, 3.8) is 0 Å². The molecule has 0 saturated carbocycles. The van der Waals surface area contributed by atoms with E-state index < -0.39 is 0 Å². The van der Waals surface area contributed by atoms with E-state index in [1.807, 2.05) is 78.6 Å². The third kappa shape index (κ3) is 3.71. The van der Waals surface area contributed by atoms with Crippen molar-refractivity contribution in [3.8, 4) is 11.3 Å². The van der Waals surface area contributed by atoms with E-state index in [4.69, 9.17) is 5.73 Å². The minimum absolute atomic E-state index is 0.320. The Morgan fingerprint density at radius 3 is 2.68 bits per heavy atom. The number of hydrogen-bond donors (Lipinski definition) is 2. The van der Waals surface area contributed by atoms with Gasteiger partial charge in [0.25, 0.3) is 0 Å². The van der Waals surface area contributed by atoms with Crippen LogP contribution in [-0.2, 0) is 6.54 Å². The van der Waals surface area contributed by atoms with Gasteiger partial charge in [-0.15, -0.1) is 5.10 Å². The predicted octanol–water partition coefficient (Wildman–Crippen LogP) is 4.82. The topological polar surface area (TPSA) is 99.0 Å². The number of aryl methyl sites for hydroxylation is 1. The summed E-state index contributed by atoms with van der Waals surface area (Å²) in [5.74, 6) is 0.785. The molecule has 8 nitrogen and oxygen atoms in total. The molecule has 0 radical (unpaired) electrons. The van der Waals surface area contributed by atoms with Crippen LogP contribution >= 0.6 is 0 Å². The van der Waals surface area contributed by atoms with Crippen molar-refractivity contribution in [2.75, 3.05) is 11.1 Å². The molecule has 34 heavy (non-hydrogen) atoms. The molecule has 6 rings (SSSR count). The average Bonchev–Trinajstić information content (AvgIpc) is 3.43. The molecule has 0 amide bonds. The number of benzene rings is 3. The molecule has 0 aliphatic rings. The summed E-state index contributed by atoms with van der Waals surface area (Å²) in [6.07, 6.45) is 3.73. The number of nitrogens with zero attached hydrogens (tertiary/aromatic N) is 6. The number of rotatable bonds is 5. The molecular weight excluding hydrogens is 424 g/mol. The van der Waals surface area contributed by atoms with E-state index in [-0.39, 0.29) is 0 Å². The van der Waals surface area contributed by atoms with Gasteiger partial charge in [-0.25, -0.2) is 9.50 Å². The molecule has 3 N–H and O–H groups in total. The molecule has 3 aromatic heterocycles. The van der Waals surface area contributed by atoms with Crippen LogP contribution in [-0.4, -0.2) is 29.4 Å². The Kier molecular flexibility index (Phi) is 4.69. The lowest BCUT2D eigenvalue weighted by Gasteiger charge is -2.07. The first-order valence-electron chi connectivity index (χ1n) is 11.0. The van der Waals surface area contributed by atoms with Crippen molar-refractivity contribution in [1.29, 1.82) is 0 Å². The smallest absolute Gasteiger partial charge is 0.247 e. The van der Waals surface area contributed by atoms with Crippen LogP contribution in [0.25, 0.3) is 27.8 Å². The molecule has 0 unspecified atom stereocenters. The molecule has 6 aromatic rings. The van der Waals surface area contributed by atoms with Crippen LogP contribution in [0.4, 0.5) is 17.5 Å². The molecule has 0 bridgehead atoms. The van der Waals surface area contributed by atoms with E-state index in [9.17, 15) is 0 Å². The fourth-order valence-electron chi connectivity index (χ4n) is 4.07. The van der Waals surface area contributed by atoms with Crippen molar-refractivity contribution >= 4 is 34.0 Å². The van der Waals surface area contributed by atoms with Crippen LogP contribution in [0.3, 0.4) is 0 Å². The van der Waals surface area contributed by atoms with E-state index in [1.165, 1.54) is 5.56 Å².